The zero-order valence-electron chi connectivity index (χ0n) is 8.46. The molecule has 0 aliphatic heterocycles. The first kappa shape index (κ1) is 12.6. The number of para-hydroxylation sites is 2. The lowest BCUT2D eigenvalue weighted by molar-refractivity contribution is -0.0494. The van der Waals surface area contributed by atoms with Crippen LogP contribution in [0, 0.1) is 0 Å². The number of alkyl halides is 4. The lowest BCUT2D eigenvalue weighted by Crippen LogP contribution is -2.24. The summed E-state index contributed by atoms with van der Waals surface area (Å²) in [6.45, 7) is -1.73. The fraction of sp³-hybridized carbons (Fsp3) is 0.400. The molecule has 2 nitrogen and oxygen atoms in total. The molecule has 1 N–H and O–H groups in total. The summed E-state index contributed by atoms with van der Waals surface area (Å²) in [5.74, 6) is -0.148. The van der Waals surface area contributed by atoms with Crippen LogP contribution in [0.1, 0.15) is 6.92 Å². The molecule has 0 saturated carbocycles. The van der Waals surface area contributed by atoms with Crippen molar-refractivity contribution in [3.63, 3.8) is 0 Å². The minimum absolute atomic E-state index is 0.121. The van der Waals surface area contributed by atoms with E-state index in [2.05, 4.69) is 10.1 Å². The maximum atomic E-state index is 12.3. The van der Waals surface area contributed by atoms with Crippen LogP contribution in [0.5, 0.6) is 5.75 Å². The van der Waals surface area contributed by atoms with Crippen LogP contribution < -0.4 is 10.1 Å². The van der Waals surface area contributed by atoms with E-state index in [9.17, 15) is 17.6 Å². The SMILES string of the molecule is CC(Nc1ccccc1OC(F)F)C(F)F. The van der Waals surface area contributed by atoms with Crippen LogP contribution in [-0.4, -0.2) is 19.1 Å². The van der Waals surface area contributed by atoms with Crippen LogP contribution in [-0.2, 0) is 0 Å². The summed E-state index contributed by atoms with van der Waals surface area (Å²) >= 11 is 0. The molecule has 1 aromatic carbocycles. The van der Waals surface area contributed by atoms with Crippen LogP contribution in [0.15, 0.2) is 24.3 Å². The fourth-order valence-electron chi connectivity index (χ4n) is 1.09. The van der Waals surface area contributed by atoms with E-state index in [1.807, 2.05) is 0 Å². The second-order valence-corrected chi connectivity index (χ2v) is 3.14. The maximum Gasteiger partial charge on any atom is 0.387 e. The molecule has 16 heavy (non-hydrogen) atoms. The van der Waals surface area contributed by atoms with E-state index in [0.717, 1.165) is 0 Å². The Balaban J connectivity index is 2.78. The van der Waals surface area contributed by atoms with Crippen molar-refractivity contribution >= 4 is 5.69 Å². The van der Waals surface area contributed by atoms with Gasteiger partial charge in [-0.1, -0.05) is 12.1 Å². The number of benzene rings is 1. The largest absolute Gasteiger partial charge is 0.433 e. The molecule has 0 aromatic heterocycles. The predicted octanol–water partition coefficient (Wildman–Crippen LogP) is 3.35. The number of rotatable bonds is 5. The van der Waals surface area contributed by atoms with Gasteiger partial charge in [-0.05, 0) is 19.1 Å². The highest BCUT2D eigenvalue weighted by Crippen LogP contribution is 2.26. The molecule has 90 valence electrons. The molecule has 1 unspecified atom stereocenters. The van der Waals surface area contributed by atoms with Gasteiger partial charge in [0.15, 0.2) is 0 Å². The molecule has 0 bridgehead atoms. The Labute approximate surface area is 90.2 Å². The van der Waals surface area contributed by atoms with E-state index in [1.54, 1.807) is 6.07 Å². The van der Waals surface area contributed by atoms with Crippen LogP contribution in [0.25, 0.3) is 0 Å². The molecule has 0 saturated heterocycles. The standard InChI is InChI=1S/C10H11F4NO/c1-6(9(11)12)15-7-4-2-3-5-8(7)16-10(13)14/h2-6,9-10,15H,1H3. The third kappa shape index (κ3) is 3.60. The quantitative estimate of drug-likeness (QED) is 0.793. The van der Waals surface area contributed by atoms with E-state index in [1.165, 1.54) is 25.1 Å². The normalized spacial score (nSPS) is 12.9. The van der Waals surface area contributed by atoms with Gasteiger partial charge in [0.25, 0.3) is 6.43 Å². The Hall–Kier alpha value is -1.46. The summed E-state index contributed by atoms with van der Waals surface area (Å²) in [5, 5.41) is 2.41. The third-order valence-electron chi connectivity index (χ3n) is 1.86. The van der Waals surface area contributed by atoms with Crippen molar-refractivity contribution in [3.05, 3.63) is 24.3 Å². The smallest absolute Gasteiger partial charge is 0.387 e. The summed E-state index contributed by atoms with van der Waals surface area (Å²) in [5.41, 5.74) is 0.121. The Morgan fingerprint density at radius 2 is 1.75 bits per heavy atom. The van der Waals surface area contributed by atoms with Gasteiger partial charge in [0.1, 0.15) is 5.75 Å². The van der Waals surface area contributed by atoms with E-state index in [-0.39, 0.29) is 11.4 Å². The highest BCUT2D eigenvalue weighted by Gasteiger charge is 2.16. The fourth-order valence-corrected chi connectivity index (χ4v) is 1.09. The minimum Gasteiger partial charge on any atom is -0.433 e. The molecule has 6 heteroatoms. The molecule has 0 aliphatic carbocycles. The summed E-state index contributed by atoms with van der Waals surface area (Å²) in [6.07, 6.45) is -2.58. The predicted molar refractivity (Wildman–Crippen MR) is 52.2 cm³/mol. The van der Waals surface area contributed by atoms with Crippen molar-refractivity contribution in [1.29, 1.82) is 0 Å². The van der Waals surface area contributed by atoms with Gasteiger partial charge in [0.05, 0.1) is 11.7 Å². The topological polar surface area (TPSA) is 21.3 Å². The van der Waals surface area contributed by atoms with E-state index in [0.29, 0.717) is 0 Å². The van der Waals surface area contributed by atoms with Crippen LogP contribution in [0.3, 0.4) is 0 Å². The van der Waals surface area contributed by atoms with Gasteiger partial charge in [0, 0.05) is 0 Å². The molecule has 1 rings (SSSR count). The molecular weight excluding hydrogens is 226 g/mol. The van der Waals surface area contributed by atoms with Crippen LogP contribution in [0.2, 0.25) is 0 Å². The number of anilines is 1. The average molecular weight is 237 g/mol. The second kappa shape index (κ2) is 5.58. The van der Waals surface area contributed by atoms with Gasteiger partial charge < -0.3 is 10.1 Å². The number of hydrogen-bond acceptors (Lipinski definition) is 2. The van der Waals surface area contributed by atoms with Crippen molar-refractivity contribution in [3.8, 4) is 5.75 Å². The Bertz CT molecular complexity index is 332. The Kier molecular flexibility index (Phi) is 4.39. The van der Waals surface area contributed by atoms with E-state index >= 15 is 0 Å². The summed E-state index contributed by atoms with van der Waals surface area (Å²) < 4.78 is 52.7. The molecule has 0 fully saturated rings. The molecule has 0 heterocycles. The summed E-state index contributed by atoms with van der Waals surface area (Å²) in [6, 6.07) is 4.57. The van der Waals surface area contributed by atoms with Crippen LogP contribution in [0.4, 0.5) is 23.2 Å². The first-order chi connectivity index (χ1) is 7.50. The Morgan fingerprint density at radius 3 is 2.31 bits per heavy atom. The molecule has 0 radical (unpaired) electrons. The van der Waals surface area contributed by atoms with Crippen LogP contribution >= 0.6 is 0 Å². The minimum atomic E-state index is -2.98. The summed E-state index contributed by atoms with van der Waals surface area (Å²) in [4.78, 5) is 0. The van der Waals surface area contributed by atoms with Crippen molar-refractivity contribution in [2.24, 2.45) is 0 Å². The lowest BCUT2D eigenvalue weighted by atomic mass is 10.2. The maximum absolute atomic E-state index is 12.3. The molecular formula is C10H11F4NO. The number of hydrogen-bond donors (Lipinski definition) is 1. The van der Waals surface area contributed by atoms with Crippen molar-refractivity contribution < 1.29 is 22.3 Å². The monoisotopic (exact) mass is 237 g/mol. The third-order valence-corrected chi connectivity index (χ3v) is 1.86. The van der Waals surface area contributed by atoms with E-state index in [4.69, 9.17) is 0 Å². The lowest BCUT2D eigenvalue weighted by Gasteiger charge is -2.17. The number of ether oxygens (including phenoxy) is 1. The van der Waals surface area contributed by atoms with Gasteiger partial charge in [-0.25, -0.2) is 8.78 Å². The van der Waals surface area contributed by atoms with Gasteiger partial charge in [-0.15, -0.1) is 0 Å². The Morgan fingerprint density at radius 1 is 1.12 bits per heavy atom. The molecule has 0 spiro atoms. The van der Waals surface area contributed by atoms with Gasteiger partial charge >= 0.3 is 6.61 Å². The van der Waals surface area contributed by atoms with Crippen molar-refractivity contribution in [1.82, 2.24) is 0 Å². The highest BCUT2D eigenvalue weighted by molar-refractivity contribution is 5.56. The molecule has 0 amide bonds. The summed E-state index contributed by atoms with van der Waals surface area (Å²) in [7, 11) is 0. The first-order valence-corrected chi connectivity index (χ1v) is 4.59. The second-order valence-electron chi connectivity index (χ2n) is 3.14. The zero-order valence-corrected chi connectivity index (χ0v) is 8.46. The molecule has 0 aliphatic rings. The zero-order chi connectivity index (χ0) is 12.1. The molecule has 1 atom stereocenters. The number of nitrogens with one attached hydrogen (secondary N) is 1. The van der Waals surface area contributed by atoms with Gasteiger partial charge in [-0.2, -0.15) is 8.78 Å². The van der Waals surface area contributed by atoms with E-state index < -0.39 is 19.1 Å². The average Bonchev–Trinajstić information content (AvgIpc) is 2.20. The van der Waals surface area contributed by atoms with Crippen molar-refractivity contribution in [2.45, 2.75) is 26.0 Å². The molecule has 1 aromatic rings. The van der Waals surface area contributed by atoms with Gasteiger partial charge in [-0.3, -0.25) is 0 Å². The first-order valence-electron chi connectivity index (χ1n) is 4.59. The van der Waals surface area contributed by atoms with Crippen molar-refractivity contribution in [2.75, 3.05) is 5.32 Å². The van der Waals surface area contributed by atoms with Gasteiger partial charge in [0.2, 0.25) is 0 Å². The highest BCUT2D eigenvalue weighted by atomic mass is 19.3. The number of halogens is 4.